The third kappa shape index (κ3) is 1.81. The Morgan fingerprint density at radius 1 is 1.44 bits per heavy atom. The minimum absolute atomic E-state index is 0.0945. The van der Waals surface area contributed by atoms with Crippen molar-refractivity contribution in [2.45, 2.75) is 31.7 Å². The van der Waals surface area contributed by atoms with Crippen molar-refractivity contribution in [2.75, 3.05) is 5.88 Å². The zero-order chi connectivity index (χ0) is 12.9. The predicted octanol–water partition coefficient (Wildman–Crippen LogP) is 4.12. The highest BCUT2D eigenvalue weighted by Crippen LogP contribution is 2.46. The normalized spacial score (nSPS) is 17.3. The molecule has 1 aliphatic rings. The van der Waals surface area contributed by atoms with Gasteiger partial charge >= 0.3 is 0 Å². The molecule has 1 aliphatic carbocycles. The van der Waals surface area contributed by atoms with Crippen molar-refractivity contribution in [3.05, 3.63) is 28.8 Å². The highest BCUT2D eigenvalue weighted by atomic mass is 35.5. The molecule has 0 atom stereocenters. The molecule has 0 amide bonds. The van der Waals surface area contributed by atoms with E-state index < -0.39 is 5.82 Å². The van der Waals surface area contributed by atoms with Crippen molar-refractivity contribution in [1.29, 1.82) is 0 Å². The molecule has 3 rings (SSSR count). The first-order valence-electron chi connectivity index (χ1n) is 5.98. The fourth-order valence-electron chi connectivity index (χ4n) is 2.38. The van der Waals surface area contributed by atoms with Gasteiger partial charge in [-0.2, -0.15) is 0 Å². The first kappa shape index (κ1) is 12.2. The third-order valence-corrected chi connectivity index (χ3v) is 4.08. The molecule has 5 heteroatoms. The molecule has 0 spiro atoms. The van der Waals surface area contributed by atoms with Gasteiger partial charge in [-0.25, -0.2) is 9.37 Å². The fraction of sp³-hybridized carbons (Fsp3) is 0.462. The van der Waals surface area contributed by atoms with E-state index >= 15 is 0 Å². The number of hydrogen-bond donors (Lipinski definition) is 0. The molecule has 1 aromatic heterocycles. The van der Waals surface area contributed by atoms with Crippen LogP contribution in [0, 0.1) is 5.82 Å². The van der Waals surface area contributed by atoms with Crippen molar-refractivity contribution in [3.8, 4) is 0 Å². The number of rotatable bonds is 3. The number of hydrogen-bond acceptors (Lipinski definition) is 1. The molecule has 1 fully saturated rings. The van der Waals surface area contributed by atoms with Crippen LogP contribution in [-0.2, 0) is 12.0 Å². The zero-order valence-electron chi connectivity index (χ0n) is 10.0. The van der Waals surface area contributed by atoms with Crippen LogP contribution in [0.3, 0.4) is 0 Å². The van der Waals surface area contributed by atoms with E-state index in [0.29, 0.717) is 17.8 Å². The molecule has 0 N–H and O–H groups in total. The summed E-state index contributed by atoms with van der Waals surface area (Å²) >= 11 is 11.7. The van der Waals surface area contributed by atoms with Crippen LogP contribution in [0.1, 0.15) is 25.6 Å². The van der Waals surface area contributed by atoms with Crippen LogP contribution in [0.5, 0.6) is 0 Å². The second-order valence-electron chi connectivity index (χ2n) is 5.05. The lowest BCUT2D eigenvalue weighted by Crippen LogP contribution is -2.16. The Morgan fingerprint density at radius 2 is 2.17 bits per heavy atom. The number of aryl methyl sites for hydroxylation is 1. The lowest BCUT2D eigenvalue weighted by molar-refractivity contribution is 0.525. The van der Waals surface area contributed by atoms with Crippen molar-refractivity contribution in [3.63, 3.8) is 0 Å². The summed E-state index contributed by atoms with van der Waals surface area (Å²) in [6.07, 6.45) is 2.91. The predicted molar refractivity (Wildman–Crippen MR) is 72.0 cm³/mol. The van der Waals surface area contributed by atoms with Crippen LogP contribution in [0.2, 0.25) is 5.02 Å². The Morgan fingerprint density at radius 3 is 2.78 bits per heavy atom. The lowest BCUT2D eigenvalue weighted by Gasteiger charge is -2.15. The van der Waals surface area contributed by atoms with Gasteiger partial charge in [0.25, 0.3) is 0 Å². The number of benzene rings is 1. The SMILES string of the molecule is CC1(n2c(CCCl)nc3cc(F)c(Cl)cc32)CC1. The van der Waals surface area contributed by atoms with Gasteiger partial charge in [0.1, 0.15) is 11.6 Å². The molecule has 1 saturated carbocycles. The quantitative estimate of drug-likeness (QED) is 0.776. The van der Waals surface area contributed by atoms with Gasteiger partial charge in [-0.15, -0.1) is 11.6 Å². The number of fused-ring (bicyclic) bond motifs is 1. The summed E-state index contributed by atoms with van der Waals surface area (Å²) in [7, 11) is 0. The summed E-state index contributed by atoms with van der Waals surface area (Å²) in [4.78, 5) is 4.49. The number of aromatic nitrogens is 2. The summed E-state index contributed by atoms with van der Waals surface area (Å²) in [5.41, 5.74) is 1.66. The van der Waals surface area contributed by atoms with E-state index in [0.717, 1.165) is 24.2 Å². The molecule has 2 aromatic rings. The molecule has 0 aliphatic heterocycles. The largest absolute Gasteiger partial charge is 0.322 e. The fourth-order valence-corrected chi connectivity index (χ4v) is 2.71. The van der Waals surface area contributed by atoms with Crippen molar-refractivity contribution >= 4 is 34.2 Å². The summed E-state index contributed by atoms with van der Waals surface area (Å²) in [6, 6.07) is 3.07. The van der Waals surface area contributed by atoms with Crippen LogP contribution in [0.15, 0.2) is 12.1 Å². The topological polar surface area (TPSA) is 17.8 Å². The van der Waals surface area contributed by atoms with Gasteiger partial charge in [0.05, 0.1) is 16.1 Å². The average molecular weight is 287 g/mol. The highest BCUT2D eigenvalue weighted by Gasteiger charge is 2.41. The Hall–Kier alpha value is -0.800. The molecule has 0 saturated heterocycles. The van der Waals surface area contributed by atoms with Crippen molar-refractivity contribution in [1.82, 2.24) is 9.55 Å². The summed E-state index contributed by atoms with van der Waals surface area (Å²) < 4.78 is 15.7. The Labute approximate surface area is 115 Å². The standard InChI is InChI=1S/C13H13Cl2FN2/c1-13(3-4-13)18-11-6-8(15)9(16)7-10(11)17-12(18)2-5-14/h6-7H,2-5H2,1H3. The van der Waals surface area contributed by atoms with Crippen LogP contribution in [0.4, 0.5) is 4.39 Å². The van der Waals surface area contributed by atoms with E-state index in [2.05, 4.69) is 16.5 Å². The summed E-state index contributed by atoms with van der Waals surface area (Å²) in [6.45, 7) is 2.18. The highest BCUT2D eigenvalue weighted by molar-refractivity contribution is 6.31. The zero-order valence-corrected chi connectivity index (χ0v) is 11.5. The van der Waals surface area contributed by atoms with Gasteiger partial charge in [-0.3, -0.25) is 0 Å². The van der Waals surface area contributed by atoms with Crippen molar-refractivity contribution in [2.24, 2.45) is 0 Å². The van der Waals surface area contributed by atoms with E-state index in [-0.39, 0.29) is 10.6 Å². The van der Waals surface area contributed by atoms with Gasteiger partial charge in [0.2, 0.25) is 0 Å². The Kier molecular flexibility index (Phi) is 2.79. The first-order chi connectivity index (χ1) is 8.55. The minimum Gasteiger partial charge on any atom is -0.322 e. The van der Waals surface area contributed by atoms with E-state index in [1.165, 1.54) is 6.07 Å². The summed E-state index contributed by atoms with van der Waals surface area (Å²) in [5, 5.41) is 0.144. The number of alkyl halides is 1. The van der Waals surface area contributed by atoms with Crippen molar-refractivity contribution < 1.29 is 4.39 Å². The molecule has 0 radical (unpaired) electrons. The van der Waals surface area contributed by atoms with Crippen LogP contribution < -0.4 is 0 Å². The Bertz CT molecular complexity index is 617. The van der Waals surface area contributed by atoms with Gasteiger partial charge in [0, 0.05) is 23.9 Å². The monoisotopic (exact) mass is 286 g/mol. The maximum Gasteiger partial charge on any atom is 0.144 e. The molecule has 2 nitrogen and oxygen atoms in total. The number of imidazole rings is 1. The van der Waals surface area contributed by atoms with Gasteiger partial charge in [0.15, 0.2) is 0 Å². The van der Waals surface area contributed by atoms with Crippen LogP contribution >= 0.6 is 23.2 Å². The van der Waals surface area contributed by atoms with E-state index in [1.807, 2.05) is 0 Å². The number of nitrogens with zero attached hydrogens (tertiary/aromatic N) is 2. The van der Waals surface area contributed by atoms with Gasteiger partial charge in [-0.05, 0) is 25.8 Å². The van der Waals surface area contributed by atoms with Crippen LogP contribution in [0.25, 0.3) is 11.0 Å². The Balaban J connectivity index is 2.27. The third-order valence-electron chi connectivity index (χ3n) is 3.60. The molecule has 96 valence electrons. The second-order valence-corrected chi connectivity index (χ2v) is 5.84. The minimum atomic E-state index is -0.424. The lowest BCUT2D eigenvalue weighted by atomic mass is 10.2. The maximum atomic E-state index is 13.5. The van der Waals surface area contributed by atoms with Gasteiger partial charge < -0.3 is 4.57 Å². The van der Waals surface area contributed by atoms with Crippen LogP contribution in [-0.4, -0.2) is 15.4 Å². The number of halogens is 3. The molecule has 18 heavy (non-hydrogen) atoms. The molecular weight excluding hydrogens is 274 g/mol. The molecule has 1 heterocycles. The molecule has 0 bridgehead atoms. The first-order valence-corrected chi connectivity index (χ1v) is 6.89. The average Bonchev–Trinajstić information content (AvgIpc) is 2.94. The molecule has 0 unspecified atom stereocenters. The molecular formula is C13H13Cl2FN2. The van der Waals surface area contributed by atoms with E-state index in [4.69, 9.17) is 23.2 Å². The second kappa shape index (κ2) is 4.10. The van der Waals surface area contributed by atoms with E-state index in [1.54, 1.807) is 6.07 Å². The summed E-state index contributed by atoms with van der Waals surface area (Å²) in [5.74, 6) is 1.00. The maximum absolute atomic E-state index is 13.5. The smallest absolute Gasteiger partial charge is 0.144 e. The molecule has 1 aromatic carbocycles. The van der Waals surface area contributed by atoms with E-state index in [9.17, 15) is 4.39 Å². The van der Waals surface area contributed by atoms with Gasteiger partial charge in [-0.1, -0.05) is 11.6 Å².